The monoisotopic (exact) mass is 423 g/mol. The van der Waals surface area contributed by atoms with Gasteiger partial charge in [0.1, 0.15) is 10.9 Å². The highest BCUT2D eigenvalue weighted by atomic mass is 32.2. The Hall–Kier alpha value is -2.97. The van der Waals surface area contributed by atoms with E-state index in [1.54, 1.807) is 36.4 Å². The summed E-state index contributed by atoms with van der Waals surface area (Å²) in [6.07, 6.45) is 0. The van der Waals surface area contributed by atoms with Crippen molar-refractivity contribution in [3.63, 3.8) is 0 Å². The number of nitrogens with zero attached hydrogens (tertiary/aromatic N) is 2. The van der Waals surface area contributed by atoms with E-state index in [1.807, 2.05) is 25.1 Å². The van der Waals surface area contributed by atoms with E-state index in [9.17, 15) is 14.4 Å². The summed E-state index contributed by atoms with van der Waals surface area (Å²) < 4.78 is 0.436. The van der Waals surface area contributed by atoms with Crippen LogP contribution in [0, 0.1) is 0 Å². The van der Waals surface area contributed by atoms with Gasteiger partial charge in [-0.1, -0.05) is 60.4 Å². The lowest BCUT2D eigenvalue weighted by Crippen LogP contribution is -2.35. The maximum Gasteiger partial charge on any atom is 0.266 e. The fourth-order valence-electron chi connectivity index (χ4n) is 3.34. The van der Waals surface area contributed by atoms with Crippen molar-refractivity contribution in [2.24, 2.45) is 0 Å². The maximum absolute atomic E-state index is 13.2. The highest BCUT2D eigenvalue weighted by Gasteiger charge is 2.41. The fourth-order valence-corrected chi connectivity index (χ4v) is 4.80. The van der Waals surface area contributed by atoms with Crippen molar-refractivity contribution in [3.05, 3.63) is 65.1 Å². The summed E-state index contributed by atoms with van der Waals surface area (Å²) in [7, 11) is 0. The first-order valence-corrected chi connectivity index (χ1v) is 10.3. The number of fused-ring (bicyclic) bond motifs is 1. The standard InChI is InChI=1S/C21H17N3O3S2/c1-2-23-20(27)18(29-21(23)28)17-14-10-6-7-11-15(14)24(19(17)26)12-16(25)22-13-8-4-3-5-9-13/h3-11H,2,12H2,1H3,(H,22,25). The number of amides is 3. The van der Waals surface area contributed by atoms with E-state index in [1.165, 1.54) is 9.80 Å². The van der Waals surface area contributed by atoms with Crippen LogP contribution in [0.3, 0.4) is 0 Å². The van der Waals surface area contributed by atoms with Gasteiger partial charge in [0, 0.05) is 17.8 Å². The molecule has 3 amide bonds. The Balaban J connectivity index is 1.67. The Morgan fingerprint density at radius 2 is 1.69 bits per heavy atom. The fraction of sp³-hybridized carbons (Fsp3) is 0.143. The van der Waals surface area contributed by atoms with Gasteiger partial charge >= 0.3 is 0 Å². The summed E-state index contributed by atoms with van der Waals surface area (Å²) in [5, 5.41) is 2.79. The Morgan fingerprint density at radius 3 is 2.38 bits per heavy atom. The number of nitrogens with one attached hydrogen (secondary N) is 1. The summed E-state index contributed by atoms with van der Waals surface area (Å²) in [4.78, 5) is 41.8. The van der Waals surface area contributed by atoms with E-state index in [0.717, 1.165) is 11.8 Å². The molecule has 0 unspecified atom stereocenters. The third-order valence-electron chi connectivity index (χ3n) is 4.67. The van der Waals surface area contributed by atoms with Crippen molar-refractivity contribution in [1.29, 1.82) is 0 Å². The molecule has 0 aromatic heterocycles. The summed E-state index contributed by atoms with van der Waals surface area (Å²) in [5.74, 6) is -0.955. The first kappa shape index (κ1) is 19.4. The lowest BCUT2D eigenvalue weighted by atomic mass is 10.1. The second-order valence-corrected chi connectivity index (χ2v) is 8.09. The number of likely N-dealkylation sites (N-methyl/N-ethyl adjacent to an activating group) is 1. The minimum atomic E-state index is -0.369. The van der Waals surface area contributed by atoms with E-state index in [-0.39, 0.29) is 24.3 Å². The summed E-state index contributed by atoms with van der Waals surface area (Å²) in [6, 6.07) is 16.2. The molecule has 1 saturated heterocycles. The third kappa shape index (κ3) is 3.45. The van der Waals surface area contributed by atoms with Crippen molar-refractivity contribution >= 4 is 63.0 Å². The van der Waals surface area contributed by atoms with Gasteiger partial charge in [0.15, 0.2) is 0 Å². The van der Waals surface area contributed by atoms with E-state index >= 15 is 0 Å². The number of thiocarbonyl (C=S) groups is 1. The van der Waals surface area contributed by atoms with Gasteiger partial charge in [-0.25, -0.2) is 0 Å². The van der Waals surface area contributed by atoms with Crippen LogP contribution in [-0.4, -0.2) is 40.0 Å². The van der Waals surface area contributed by atoms with Crippen LogP contribution in [0.1, 0.15) is 12.5 Å². The second kappa shape index (κ2) is 7.81. The molecule has 2 aromatic rings. The molecule has 0 bridgehead atoms. The highest BCUT2D eigenvalue weighted by molar-refractivity contribution is 8.26. The predicted octanol–water partition coefficient (Wildman–Crippen LogP) is 3.26. The van der Waals surface area contributed by atoms with Gasteiger partial charge in [0.2, 0.25) is 5.91 Å². The lowest BCUT2D eigenvalue weighted by molar-refractivity contribution is -0.122. The molecule has 29 heavy (non-hydrogen) atoms. The Labute approximate surface area is 177 Å². The lowest BCUT2D eigenvalue weighted by Gasteiger charge is -2.16. The predicted molar refractivity (Wildman–Crippen MR) is 118 cm³/mol. The Morgan fingerprint density at radius 1 is 1.00 bits per heavy atom. The summed E-state index contributed by atoms with van der Waals surface area (Å²) in [5.41, 5.74) is 2.21. The SMILES string of the molecule is CCN1C(=O)C(=C2C(=O)N(CC(=O)Nc3ccccc3)c3ccccc32)SC1=S. The molecule has 2 aliphatic rings. The summed E-state index contributed by atoms with van der Waals surface area (Å²) in [6.45, 7) is 2.13. The van der Waals surface area contributed by atoms with Gasteiger partial charge in [-0.15, -0.1) is 0 Å². The number of thioether (sulfide) groups is 1. The average Bonchev–Trinajstić information content (AvgIpc) is 3.15. The molecular formula is C21H17N3O3S2. The normalized spacial score (nSPS) is 18.4. The van der Waals surface area contributed by atoms with Crippen molar-refractivity contribution in [1.82, 2.24) is 4.90 Å². The molecule has 0 aliphatic carbocycles. The first-order chi connectivity index (χ1) is 14.0. The van der Waals surface area contributed by atoms with Crippen LogP contribution in [0.4, 0.5) is 11.4 Å². The van der Waals surface area contributed by atoms with Gasteiger partial charge in [0.05, 0.1) is 16.2 Å². The van der Waals surface area contributed by atoms with Crippen LogP contribution in [-0.2, 0) is 14.4 Å². The van der Waals surface area contributed by atoms with Gasteiger partial charge < -0.3 is 5.32 Å². The molecule has 4 rings (SSSR count). The van der Waals surface area contributed by atoms with Crippen LogP contribution in [0.2, 0.25) is 0 Å². The average molecular weight is 424 g/mol. The zero-order valence-electron chi connectivity index (χ0n) is 15.5. The topological polar surface area (TPSA) is 69.7 Å². The van der Waals surface area contributed by atoms with Gasteiger partial charge in [0.25, 0.3) is 11.8 Å². The smallest absolute Gasteiger partial charge is 0.266 e. The second-order valence-electron chi connectivity index (χ2n) is 6.44. The van der Waals surface area contributed by atoms with E-state index in [2.05, 4.69) is 5.32 Å². The maximum atomic E-state index is 13.2. The van der Waals surface area contributed by atoms with E-state index < -0.39 is 0 Å². The molecule has 1 N–H and O–H groups in total. The minimum Gasteiger partial charge on any atom is -0.325 e. The molecule has 0 radical (unpaired) electrons. The van der Waals surface area contributed by atoms with Gasteiger partial charge in [-0.3, -0.25) is 24.2 Å². The minimum absolute atomic E-state index is 0.150. The van der Waals surface area contributed by atoms with Gasteiger partial charge in [-0.2, -0.15) is 0 Å². The highest BCUT2D eigenvalue weighted by Crippen LogP contribution is 2.44. The number of para-hydroxylation sites is 2. The van der Waals surface area contributed by atoms with Crippen LogP contribution < -0.4 is 10.2 Å². The number of rotatable bonds is 4. The van der Waals surface area contributed by atoms with E-state index in [0.29, 0.717) is 38.3 Å². The summed E-state index contributed by atoms with van der Waals surface area (Å²) >= 11 is 6.42. The first-order valence-electron chi connectivity index (χ1n) is 9.05. The van der Waals surface area contributed by atoms with Crippen LogP contribution in [0.15, 0.2) is 59.5 Å². The van der Waals surface area contributed by atoms with Crippen molar-refractivity contribution in [2.45, 2.75) is 6.92 Å². The molecule has 0 atom stereocenters. The van der Waals surface area contributed by atoms with Gasteiger partial charge in [-0.05, 0) is 25.1 Å². The molecule has 0 spiro atoms. The molecule has 0 saturated carbocycles. The molecule has 1 fully saturated rings. The molecule has 146 valence electrons. The molecule has 8 heteroatoms. The largest absolute Gasteiger partial charge is 0.325 e. The number of hydrogen-bond donors (Lipinski definition) is 1. The van der Waals surface area contributed by atoms with Crippen LogP contribution in [0.5, 0.6) is 0 Å². The molecule has 2 aromatic carbocycles. The number of hydrogen-bond acceptors (Lipinski definition) is 5. The van der Waals surface area contributed by atoms with Crippen LogP contribution in [0.25, 0.3) is 5.57 Å². The molecule has 2 aliphatic heterocycles. The van der Waals surface area contributed by atoms with Crippen LogP contribution >= 0.6 is 24.0 Å². The number of carbonyl (C=O) groups excluding carboxylic acids is 3. The Kier molecular flexibility index (Phi) is 5.21. The molecular weight excluding hydrogens is 406 g/mol. The quantitative estimate of drug-likeness (QED) is 0.604. The zero-order valence-corrected chi connectivity index (χ0v) is 17.2. The number of carbonyl (C=O) groups is 3. The molecule has 6 nitrogen and oxygen atoms in total. The van der Waals surface area contributed by atoms with Crippen molar-refractivity contribution < 1.29 is 14.4 Å². The zero-order chi connectivity index (χ0) is 20.5. The van der Waals surface area contributed by atoms with Crippen molar-refractivity contribution in [2.75, 3.05) is 23.3 Å². The molecule has 2 heterocycles. The number of benzene rings is 2. The van der Waals surface area contributed by atoms with Crippen molar-refractivity contribution in [3.8, 4) is 0 Å². The third-order valence-corrected chi connectivity index (χ3v) is 6.12. The Bertz CT molecular complexity index is 1070. The van der Waals surface area contributed by atoms with E-state index in [4.69, 9.17) is 12.2 Å². The number of anilines is 2.